The third-order valence-corrected chi connectivity index (χ3v) is 3.35. The van der Waals surface area contributed by atoms with Crippen LogP contribution in [0.3, 0.4) is 0 Å². The SMILES string of the molecule is COc1ccc(C)cc1CC(=O)N(C)CCCCCO. The van der Waals surface area contributed by atoms with Crippen molar-refractivity contribution < 1.29 is 14.6 Å². The number of unbranched alkanes of at least 4 members (excludes halogenated alkanes) is 2. The van der Waals surface area contributed by atoms with E-state index in [1.165, 1.54) is 0 Å². The highest BCUT2D eigenvalue weighted by atomic mass is 16.5. The molecule has 112 valence electrons. The maximum atomic E-state index is 12.2. The highest BCUT2D eigenvalue weighted by Crippen LogP contribution is 2.20. The van der Waals surface area contributed by atoms with Crippen molar-refractivity contribution in [1.82, 2.24) is 4.90 Å². The minimum Gasteiger partial charge on any atom is -0.496 e. The fourth-order valence-corrected chi connectivity index (χ4v) is 2.11. The first-order valence-electron chi connectivity index (χ1n) is 7.06. The molecular weight excluding hydrogens is 254 g/mol. The normalized spacial score (nSPS) is 10.4. The van der Waals surface area contributed by atoms with Gasteiger partial charge in [0.15, 0.2) is 0 Å². The second-order valence-corrected chi connectivity index (χ2v) is 5.09. The van der Waals surface area contributed by atoms with Gasteiger partial charge in [-0.15, -0.1) is 0 Å². The molecule has 0 bridgehead atoms. The maximum Gasteiger partial charge on any atom is 0.226 e. The monoisotopic (exact) mass is 279 g/mol. The fourth-order valence-electron chi connectivity index (χ4n) is 2.11. The molecule has 0 saturated carbocycles. The zero-order valence-corrected chi connectivity index (χ0v) is 12.7. The lowest BCUT2D eigenvalue weighted by atomic mass is 10.1. The average molecular weight is 279 g/mol. The molecule has 4 nitrogen and oxygen atoms in total. The van der Waals surface area contributed by atoms with Crippen molar-refractivity contribution in [2.75, 3.05) is 27.3 Å². The van der Waals surface area contributed by atoms with Crippen molar-refractivity contribution in [3.8, 4) is 5.75 Å². The van der Waals surface area contributed by atoms with Crippen LogP contribution >= 0.6 is 0 Å². The van der Waals surface area contributed by atoms with E-state index in [4.69, 9.17) is 9.84 Å². The number of aliphatic hydroxyl groups is 1. The van der Waals surface area contributed by atoms with E-state index in [0.29, 0.717) is 6.42 Å². The molecule has 20 heavy (non-hydrogen) atoms. The van der Waals surface area contributed by atoms with Gasteiger partial charge in [0.05, 0.1) is 13.5 Å². The highest BCUT2D eigenvalue weighted by Gasteiger charge is 2.12. The van der Waals surface area contributed by atoms with Crippen LogP contribution < -0.4 is 4.74 Å². The molecule has 1 amide bonds. The molecule has 1 N–H and O–H groups in total. The number of rotatable bonds is 8. The predicted molar refractivity (Wildman–Crippen MR) is 80.0 cm³/mol. The summed E-state index contributed by atoms with van der Waals surface area (Å²) in [4.78, 5) is 13.9. The number of carbonyl (C=O) groups excluding carboxylic acids is 1. The molecule has 0 radical (unpaired) electrons. The quantitative estimate of drug-likeness (QED) is 0.742. The number of aliphatic hydroxyl groups excluding tert-OH is 1. The Morgan fingerprint density at radius 2 is 2.05 bits per heavy atom. The second kappa shape index (κ2) is 8.59. The van der Waals surface area contributed by atoms with E-state index < -0.39 is 0 Å². The molecule has 0 aliphatic heterocycles. The van der Waals surface area contributed by atoms with Crippen LogP contribution in [0.4, 0.5) is 0 Å². The predicted octanol–water partition coefficient (Wildman–Crippen LogP) is 2.17. The largest absolute Gasteiger partial charge is 0.496 e. The van der Waals surface area contributed by atoms with Crippen molar-refractivity contribution in [1.29, 1.82) is 0 Å². The Morgan fingerprint density at radius 3 is 2.70 bits per heavy atom. The summed E-state index contributed by atoms with van der Waals surface area (Å²) in [7, 11) is 3.45. The summed E-state index contributed by atoms with van der Waals surface area (Å²) in [5.41, 5.74) is 2.05. The van der Waals surface area contributed by atoms with Gasteiger partial charge in [-0.2, -0.15) is 0 Å². The fraction of sp³-hybridized carbons (Fsp3) is 0.562. The molecule has 0 heterocycles. The first kappa shape index (κ1) is 16.5. The average Bonchev–Trinajstić information content (AvgIpc) is 2.43. The van der Waals surface area contributed by atoms with E-state index in [0.717, 1.165) is 42.7 Å². The van der Waals surface area contributed by atoms with Gasteiger partial charge < -0.3 is 14.7 Å². The van der Waals surface area contributed by atoms with Gasteiger partial charge in [0.2, 0.25) is 5.91 Å². The lowest BCUT2D eigenvalue weighted by Crippen LogP contribution is -2.29. The number of benzene rings is 1. The third kappa shape index (κ3) is 5.21. The van der Waals surface area contributed by atoms with Crippen molar-refractivity contribution in [3.05, 3.63) is 29.3 Å². The summed E-state index contributed by atoms with van der Waals surface area (Å²) in [5, 5.41) is 8.72. The molecule has 1 aromatic carbocycles. The summed E-state index contributed by atoms with van der Waals surface area (Å²) < 4.78 is 5.30. The van der Waals surface area contributed by atoms with Crippen LogP contribution in [0, 0.1) is 6.92 Å². The van der Waals surface area contributed by atoms with Gasteiger partial charge in [0.25, 0.3) is 0 Å². The van der Waals surface area contributed by atoms with Crippen LogP contribution in [-0.2, 0) is 11.2 Å². The van der Waals surface area contributed by atoms with Crippen LogP contribution in [0.5, 0.6) is 5.75 Å². The molecule has 0 aliphatic carbocycles. The van der Waals surface area contributed by atoms with E-state index in [2.05, 4.69) is 0 Å². The van der Waals surface area contributed by atoms with Crippen molar-refractivity contribution in [2.24, 2.45) is 0 Å². The Labute approximate surface area is 121 Å². The first-order chi connectivity index (χ1) is 9.58. The van der Waals surface area contributed by atoms with Crippen molar-refractivity contribution in [2.45, 2.75) is 32.6 Å². The smallest absolute Gasteiger partial charge is 0.226 e. The molecule has 0 atom stereocenters. The van der Waals surface area contributed by atoms with E-state index in [1.54, 1.807) is 12.0 Å². The summed E-state index contributed by atoms with van der Waals surface area (Å²) in [6.45, 7) is 2.96. The molecule has 0 aromatic heterocycles. The van der Waals surface area contributed by atoms with Crippen molar-refractivity contribution >= 4 is 5.91 Å². The van der Waals surface area contributed by atoms with Gasteiger partial charge >= 0.3 is 0 Å². The summed E-state index contributed by atoms with van der Waals surface area (Å²) in [6, 6.07) is 5.88. The van der Waals surface area contributed by atoms with Gasteiger partial charge in [0.1, 0.15) is 5.75 Å². The van der Waals surface area contributed by atoms with Gasteiger partial charge in [-0.3, -0.25) is 4.79 Å². The molecule has 0 saturated heterocycles. The Bertz CT molecular complexity index is 432. The van der Waals surface area contributed by atoms with Crippen LogP contribution in [0.25, 0.3) is 0 Å². The lowest BCUT2D eigenvalue weighted by molar-refractivity contribution is -0.129. The minimum atomic E-state index is 0.0953. The van der Waals surface area contributed by atoms with Gasteiger partial charge in [-0.05, 0) is 32.3 Å². The molecule has 4 heteroatoms. The molecule has 0 aliphatic rings. The zero-order valence-electron chi connectivity index (χ0n) is 12.7. The molecule has 0 unspecified atom stereocenters. The molecule has 0 spiro atoms. The van der Waals surface area contributed by atoms with E-state index in [-0.39, 0.29) is 12.5 Å². The van der Waals surface area contributed by atoms with Crippen molar-refractivity contribution in [3.63, 3.8) is 0 Å². The van der Waals surface area contributed by atoms with E-state index in [9.17, 15) is 4.79 Å². The maximum absolute atomic E-state index is 12.2. The number of ether oxygens (including phenoxy) is 1. The number of methoxy groups -OCH3 is 1. The van der Waals surface area contributed by atoms with E-state index in [1.807, 2.05) is 32.2 Å². The molecule has 0 fully saturated rings. The van der Waals surface area contributed by atoms with Crippen LogP contribution in [-0.4, -0.2) is 43.2 Å². The Morgan fingerprint density at radius 1 is 1.30 bits per heavy atom. The Balaban J connectivity index is 2.54. The van der Waals surface area contributed by atoms with E-state index >= 15 is 0 Å². The molecule has 1 rings (SSSR count). The minimum absolute atomic E-state index is 0.0953. The van der Waals surface area contributed by atoms with Gasteiger partial charge in [-0.1, -0.05) is 17.7 Å². The topological polar surface area (TPSA) is 49.8 Å². The Kier molecular flexibility index (Phi) is 7.09. The van der Waals surface area contributed by atoms with Crippen LogP contribution in [0.1, 0.15) is 30.4 Å². The number of carbonyl (C=O) groups is 1. The second-order valence-electron chi connectivity index (χ2n) is 5.09. The Hall–Kier alpha value is -1.55. The number of hydrogen-bond donors (Lipinski definition) is 1. The summed E-state index contributed by atoms with van der Waals surface area (Å²) >= 11 is 0. The standard InChI is InChI=1S/C16H25NO3/c1-13-7-8-15(20-3)14(11-13)12-16(19)17(2)9-5-4-6-10-18/h7-8,11,18H,4-6,9-10,12H2,1-3H3. The van der Waals surface area contributed by atoms with Crippen LogP contribution in [0.15, 0.2) is 18.2 Å². The third-order valence-electron chi connectivity index (χ3n) is 3.35. The van der Waals surface area contributed by atoms with Crippen LogP contribution in [0.2, 0.25) is 0 Å². The summed E-state index contributed by atoms with van der Waals surface area (Å²) in [5.74, 6) is 0.857. The lowest BCUT2D eigenvalue weighted by Gasteiger charge is -2.18. The molecule has 1 aromatic rings. The van der Waals surface area contributed by atoms with Gasteiger partial charge in [-0.25, -0.2) is 0 Å². The number of hydrogen-bond acceptors (Lipinski definition) is 3. The first-order valence-corrected chi connectivity index (χ1v) is 7.06. The number of aryl methyl sites for hydroxylation is 1. The molecular formula is C16H25NO3. The number of likely N-dealkylation sites (N-methyl/N-ethyl adjacent to an activating group) is 1. The number of amides is 1. The zero-order chi connectivity index (χ0) is 15.0. The number of nitrogens with zero attached hydrogens (tertiary/aromatic N) is 1. The van der Waals surface area contributed by atoms with Gasteiger partial charge in [0, 0.05) is 25.8 Å². The summed E-state index contributed by atoms with van der Waals surface area (Å²) in [6.07, 6.45) is 3.03. The highest BCUT2D eigenvalue weighted by molar-refractivity contribution is 5.79.